The van der Waals surface area contributed by atoms with Gasteiger partial charge in [0, 0.05) is 12.0 Å². The van der Waals surface area contributed by atoms with Gasteiger partial charge in [-0.2, -0.15) is 0 Å². The maximum atomic E-state index is 11.7. The highest BCUT2D eigenvalue weighted by Gasteiger charge is 2.38. The zero-order valence-corrected chi connectivity index (χ0v) is 10.0. The summed E-state index contributed by atoms with van der Waals surface area (Å²) in [6.07, 6.45) is 4.53. The van der Waals surface area contributed by atoms with E-state index in [9.17, 15) is 13.2 Å². The molecule has 16 heavy (non-hydrogen) atoms. The number of nitrogens with one attached hydrogen (secondary N) is 1. The second kappa shape index (κ2) is 4.33. The van der Waals surface area contributed by atoms with Crippen LogP contribution < -0.4 is 10.5 Å². The molecular formula is C10H18N2O3S. The van der Waals surface area contributed by atoms with Crippen LogP contribution in [-0.2, 0) is 14.8 Å². The zero-order chi connectivity index (χ0) is 11.8. The van der Waals surface area contributed by atoms with Crippen molar-refractivity contribution in [2.45, 2.75) is 49.8 Å². The first-order chi connectivity index (χ1) is 7.49. The average Bonchev–Trinajstić information content (AvgIpc) is 3.00. The van der Waals surface area contributed by atoms with E-state index in [1.807, 2.05) is 0 Å². The third-order valence-electron chi connectivity index (χ3n) is 3.29. The lowest BCUT2D eigenvalue weighted by atomic mass is 9.86. The van der Waals surface area contributed by atoms with Gasteiger partial charge < -0.3 is 5.73 Å². The van der Waals surface area contributed by atoms with Gasteiger partial charge in [0.1, 0.15) is 0 Å². The lowest BCUT2D eigenvalue weighted by Crippen LogP contribution is -2.41. The minimum absolute atomic E-state index is 0.0353. The highest BCUT2D eigenvalue weighted by atomic mass is 32.2. The molecular weight excluding hydrogens is 228 g/mol. The molecule has 0 radical (unpaired) electrons. The molecule has 5 nitrogen and oxygen atoms in total. The SMILES string of the molecule is NC1CCCC(C(=O)NS(=O)(=O)C2CC2)C1. The topological polar surface area (TPSA) is 89.3 Å². The van der Waals surface area contributed by atoms with Crippen molar-refractivity contribution in [3.8, 4) is 0 Å². The summed E-state index contributed by atoms with van der Waals surface area (Å²) in [7, 11) is -3.39. The largest absolute Gasteiger partial charge is 0.328 e. The van der Waals surface area contributed by atoms with E-state index in [0.29, 0.717) is 19.3 Å². The number of nitrogens with two attached hydrogens (primary N) is 1. The fraction of sp³-hybridized carbons (Fsp3) is 0.900. The summed E-state index contributed by atoms with van der Waals surface area (Å²) in [5.74, 6) is -0.584. The maximum absolute atomic E-state index is 11.7. The van der Waals surface area contributed by atoms with E-state index >= 15 is 0 Å². The number of rotatable bonds is 3. The first-order valence-electron chi connectivity index (χ1n) is 5.80. The van der Waals surface area contributed by atoms with Crippen molar-refractivity contribution >= 4 is 15.9 Å². The normalized spacial score (nSPS) is 31.1. The molecule has 0 aromatic rings. The molecule has 0 saturated heterocycles. The Morgan fingerprint density at radius 2 is 1.88 bits per heavy atom. The van der Waals surface area contributed by atoms with Gasteiger partial charge in [0.05, 0.1) is 5.25 Å². The predicted molar refractivity (Wildman–Crippen MR) is 60.0 cm³/mol. The Morgan fingerprint density at radius 1 is 1.19 bits per heavy atom. The summed E-state index contributed by atoms with van der Waals surface area (Å²) in [5, 5.41) is -0.339. The molecule has 2 rings (SSSR count). The molecule has 1 amide bonds. The Balaban J connectivity index is 1.92. The van der Waals surface area contributed by atoms with Crippen LogP contribution in [0.25, 0.3) is 0 Å². The highest BCUT2D eigenvalue weighted by Crippen LogP contribution is 2.28. The summed E-state index contributed by atoms with van der Waals surface area (Å²) >= 11 is 0. The van der Waals surface area contributed by atoms with Crippen LogP contribution in [0, 0.1) is 5.92 Å². The van der Waals surface area contributed by atoms with Crippen molar-refractivity contribution in [3.05, 3.63) is 0 Å². The molecule has 0 aromatic heterocycles. The van der Waals surface area contributed by atoms with Gasteiger partial charge >= 0.3 is 0 Å². The lowest BCUT2D eigenvalue weighted by molar-refractivity contribution is -0.124. The molecule has 0 aromatic carbocycles. The summed E-state index contributed by atoms with van der Waals surface area (Å²) in [6, 6.07) is 0.0353. The monoisotopic (exact) mass is 246 g/mol. The molecule has 0 bridgehead atoms. The van der Waals surface area contributed by atoms with Gasteiger partial charge in [0.2, 0.25) is 15.9 Å². The van der Waals surface area contributed by atoms with Crippen LogP contribution in [0.2, 0.25) is 0 Å². The maximum Gasteiger partial charge on any atom is 0.237 e. The molecule has 2 atom stereocenters. The van der Waals surface area contributed by atoms with Crippen LogP contribution in [0.15, 0.2) is 0 Å². The summed E-state index contributed by atoms with van der Waals surface area (Å²) < 4.78 is 25.3. The van der Waals surface area contributed by atoms with Crippen molar-refractivity contribution < 1.29 is 13.2 Å². The standard InChI is InChI=1S/C10H18N2O3S/c11-8-3-1-2-7(6-8)10(13)12-16(14,15)9-4-5-9/h7-9H,1-6,11H2,(H,12,13). The number of sulfonamides is 1. The van der Waals surface area contributed by atoms with Gasteiger partial charge in [0.25, 0.3) is 0 Å². The van der Waals surface area contributed by atoms with Crippen LogP contribution in [0.4, 0.5) is 0 Å². The van der Waals surface area contributed by atoms with Crippen LogP contribution in [0.1, 0.15) is 38.5 Å². The van der Waals surface area contributed by atoms with E-state index in [0.717, 1.165) is 19.3 Å². The Bertz CT molecular complexity index is 376. The lowest BCUT2D eigenvalue weighted by Gasteiger charge is -2.25. The molecule has 2 unspecified atom stereocenters. The van der Waals surface area contributed by atoms with Gasteiger partial charge in [-0.3, -0.25) is 9.52 Å². The van der Waals surface area contributed by atoms with Gasteiger partial charge in [-0.15, -0.1) is 0 Å². The molecule has 92 valence electrons. The van der Waals surface area contributed by atoms with Gasteiger partial charge in [-0.1, -0.05) is 6.42 Å². The molecule has 6 heteroatoms. The second-order valence-electron chi connectivity index (χ2n) is 4.83. The highest BCUT2D eigenvalue weighted by molar-refractivity contribution is 7.90. The summed E-state index contributed by atoms with van der Waals surface area (Å²) in [4.78, 5) is 11.7. The van der Waals surface area contributed by atoms with Crippen LogP contribution in [-0.4, -0.2) is 25.6 Å². The minimum atomic E-state index is -3.39. The van der Waals surface area contributed by atoms with Crippen molar-refractivity contribution in [2.75, 3.05) is 0 Å². The fourth-order valence-electron chi connectivity index (χ4n) is 2.15. The van der Waals surface area contributed by atoms with Gasteiger partial charge in [-0.25, -0.2) is 8.42 Å². The Hall–Kier alpha value is -0.620. The third-order valence-corrected chi connectivity index (χ3v) is 5.13. The van der Waals surface area contributed by atoms with Crippen LogP contribution >= 0.6 is 0 Å². The molecule has 2 aliphatic rings. The van der Waals surface area contributed by atoms with Gasteiger partial charge in [0.15, 0.2) is 0 Å². The van der Waals surface area contributed by atoms with Crippen molar-refractivity contribution in [3.63, 3.8) is 0 Å². The second-order valence-corrected chi connectivity index (χ2v) is 6.80. The average molecular weight is 246 g/mol. The first-order valence-corrected chi connectivity index (χ1v) is 7.35. The Morgan fingerprint density at radius 3 is 2.44 bits per heavy atom. The predicted octanol–water partition coefficient (Wildman–Crippen LogP) is 0.112. The van der Waals surface area contributed by atoms with E-state index in [4.69, 9.17) is 5.73 Å². The first kappa shape index (κ1) is 11.9. The minimum Gasteiger partial charge on any atom is -0.328 e. The van der Waals surface area contributed by atoms with E-state index < -0.39 is 10.0 Å². The summed E-state index contributed by atoms with van der Waals surface area (Å²) in [6.45, 7) is 0. The molecule has 0 spiro atoms. The number of carbonyl (C=O) groups excluding carboxylic acids is 1. The molecule has 2 saturated carbocycles. The van der Waals surface area contributed by atoms with Crippen LogP contribution in [0.3, 0.4) is 0 Å². The fourth-order valence-corrected chi connectivity index (χ4v) is 3.52. The molecule has 0 aliphatic heterocycles. The van der Waals surface area contributed by atoms with Crippen molar-refractivity contribution in [2.24, 2.45) is 11.7 Å². The van der Waals surface area contributed by atoms with E-state index in [1.54, 1.807) is 0 Å². The number of hydrogen-bond acceptors (Lipinski definition) is 4. The van der Waals surface area contributed by atoms with E-state index in [1.165, 1.54) is 0 Å². The number of hydrogen-bond donors (Lipinski definition) is 2. The number of carbonyl (C=O) groups is 1. The number of amides is 1. The molecule has 2 fully saturated rings. The van der Waals surface area contributed by atoms with Gasteiger partial charge in [-0.05, 0) is 32.1 Å². The quantitative estimate of drug-likeness (QED) is 0.739. The van der Waals surface area contributed by atoms with Crippen molar-refractivity contribution in [1.82, 2.24) is 4.72 Å². The van der Waals surface area contributed by atoms with E-state index in [2.05, 4.69) is 4.72 Å². The Labute approximate surface area is 95.8 Å². The molecule has 0 heterocycles. The molecule has 2 aliphatic carbocycles. The Kier molecular flexibility index (Phi) is 3.21. The van der Waals surface area contributed by atoms with E-state index in [-0.39, 0.29) is 23.1 Å². The summed E-state index contributed by atoms with van der Waals surface area (Å²) in [5.41, 5.74) is 5.77. The zero-order valence-electron chi connectivity index (χ0n) is 9.19. The third kappa shape index (κ3) is 2.74. The van der Waals surface area contributed by atoms with Crippen molar-refractivity contribution in [1.29, 1.82) is 0 Å². The van der Waals surface area contributed by atoms with Crippen LogP contribution in [0.5, 0.6) is 0 Å². The smallest absolute Gasteiger partial charge is 0.237 e. The molecule has 3 N–H and O–H groups in total.